The van der Waals surface area contributed by atoms with Crippen molar-refractivity contribution in [2.75, 3.05) is 11.4 Å². The van der Waals surface area contributed by atoms with Crippen molar-refractivity contribution in [3.05, 3.63) is 29.8 Å². The van der Waals surface area contributed by atoms with Crippen LogP contribution in [0.25, 0.3) is 0 Å². The SMILES string of the molecule is C#CCN1C(=O)C(N)Cc2ccccc21. The fraction of sp³-hybridized carbons (Fsp3) is 0.250. The Morgan fingerprint density at radius 3 is 3.00 bits per heavy atom. The zero-order valence-corrected chi connectivity index (χ0v) is 8.31. The first-order valence-electron chi connectivity index (χ1n) is 4.82. The molecule has 0 fully saturated rings. The van der Waals surface area contributed by atoms with Gasteiger partial charge in [-0.15, -0.1) is 6.42 Å². The summed E-state index contributed by atoms with van der Waals surface area (Å²) in [5.41, 5.74) is 7.73. The molecule has 2 N–H and O–H groups in total. The fourth-order valence-electron chi connectivity index (χ4n) is 1.84. The smallest absolute Gasteiger partial charge is 0.245 e. The van der Waals surface area contributed by atoms with Crippen molar-refractivity contribution in [3.63, 3.8) is 0 Å². The highest BCUT2D eigenvalue weighted by Gasteiger charge is 2.29. The molecule has 0 radical (unpaired) electrons. The maximum atomic E-state index is 11.8. The van der Waals surface area contributed by atoms with E-state index < -0.39 is 6.04 Å². The maximum Gasteiger partial charge on any atom is 0.245 e. The molecule has 2 rings (SSSR count). The monoisotopic (exact) mass is 200 g/mol. The quantitative estimate of drug-likeness (QED) is 0.672. The Kier molecular flexibility index (Phi) is 2.44. The third-order valence-electron chi connectivity index (χ3n) is 2.55. The number of benzene rings is 1. The van der Waals surface area contributed by atoms with Crippen molar-refractivity contribution in [2.45, 2.75) is 12.5 Å². The second kappa shape index (κ2) is 3.76. The van der Waals surface area contributed by atoms with E-state index in [1.165, 1.54) is 0 Å². The average Bonchev–Trinajstić information content (AvgIpc) is 2.25. The van der Waals surface area contributed by atoms with Crippen LogP contribution in [0.15, 0.2) is 24.3 Å². The van der Waals surface area contributed by atoms with Crippen LogP contribution in [0.1, 0.15) is 5.56 Å². The van der Waals surface area contributed by atoms with Crippen LogP contribution < -0.4 is 10.6 Å². The number of fused-ring (bicyclic) bond motifs is 1. The molecule has 1 aliphatic heterocycles. The molecular formula is C12H12N2O. The number of carbonyl (C=O) groups excluding carboxylic acids is 1. The minimum absolute atomic E-state index is 0.0911. The molecule has 76 valence electrons. The van der Waals surface area contributed by atoms with Gasteiger partial charge in [-0.05, 0) is 18.1 Å². The van der Waals surface area contributed by atoms with Crippen LogP contribution in [0.2, 0.25) is 0 Å². The van der Waals surface area contributed by atoms with Crippen LogP contribution in [-0.2, 0) is 11.2 Å². The van der Waals surface area contributed by atoms with Crippen LogP contribution in [0.4, 0.5) is 5.69 Å². The zero-order chi connectivity index (χ0) is 10.8. The number of para-hydroxylation sites is 1. The molecule has 1 heterocycles. The summed E-state index contributed by atoms with van der Waals surface area (Å²) in [6.07, 6.45) is 5.83. The van der Waals surface area contributed by atoms with Crippen molar-refractivity contribution < 1.29 is 4.79 Å². The molecule has 3 heteroatoms. The van der Waals surface area contributed by atoms with Gasteiger partial charge in [0.25, 0.3) is 0 Å². The number of hydrogen-bond donors (Lipinski definition) is 1. The average molecular weight is 200 g/mol. The van der Waals surface area contributed by atoms with Crippen molar-refractivity contribution in [2.24, 2.45) is 5.73 Å². The molecule has 1 unspecified atom stereocenters. The number of amides is 1. The second-order valence-corrected chi connectivity index (χ2v) is 3.57. The van der Waals surface area contributed by atoms with Crippen LogP contribution in [-0.4, -0.2) is 18.5 Å². The molecule has 1 atom stereocenters. The number of hydrogen-bond acceptors (Lipinski definition) is 2. The van der Waals surface area contributed by atoms with E-state index in [2.05, 4.69) is 5.92 Å². The largest absolute Gasteiger partial charge is 0.320 e. The Bertz CT molecular complexity index is 433. The lowest BCUT2D eigenvalue weighted by molar-refractivity contribution is -0.120. The van der Waals surface area contributed by atoms with Gasteiger partial charge in [-0.3, -0.25) is 9.69 Å². The zero-order valence-electron chi connectivity index (χ0n) is 8.31. The Balaban J connectivity index is 2.45. The lowest BCUT2D eigenvalue weighted by atomic mass is 9.98. The van der Waals surface area contributed by atoms with Crippen molar-refractivity contribution in [1.29, 1.82) is 0 Å². The molecule has 0 spiro atoms. The van der Waals surface area contributed by atoms with Crippen LogP contribution in [0.3, 0.4) is 0 Å². The normalized spacial score (nSPS) is 19.6. The summed E-state index contributed by atoms with van der Waals surface area (Å²) in [5.74, 6) is 2.39. The summed E-state index contributed by atoms with van der Waals surface area (Å²) in [5, 5.41) is 0. The third-order valence-corrected chi connectivity index (χ3v) is 2.55. The van der Waals surface area contributed by atoms with E-state index in [1.54, 1.807) is 4.90 Å². The molecule has 3 nitrogen and oxygen atoms in total. The lowest BCUT2D eigenvalue weighted by Gasteiger charge is -2.31. The van der Waals surface area contributed by atoms with E-state index in [1.807, 2.05) is 24.3 Å². The number of nitrogens with zero attached hydrogens (tertiary/aromatic N) is 1. The summed E-state index contributed by atoms with van der Waals surface area (Å²) in [6.45, 7) is 0.281. The number of rotatable bonds is 1. The van der Waals surface area contributed by atoms with E-state index in [-0.39, 0.29) is 12.5 Å². The molecule has 0 saturated heterocycles. The minimum Gasteiger partial charge on any atom is -0.320 e. The van der Waals surface area contributed by atoms with Gasteiger partial charge in [-0.1, -0.05) is 24.1 Å². The molecule has 0 aromatic heterocycles. The Morgan fingerprint density at radius 2 is 2.27 bits per heavy atom. The number of anilines is 1. The van der Waals surface area contributed by atoms with Gasteiger partial charge in [0.15, 0.2) is 0 Å². The van der Waals surface area contributed by atoms with Gasteiger partial charge in [0.05, 0.1) is 12.6 Å². The Hall–Kier alpha value is -1.79. The molecule has 1 aromatic rings. The highest BCUT2D eigenvalue weighted by molar-refractivity contribution is 6.00. The predicted molar refractivity (Wildman–Crippen MR) is 59.3 cm³/mol. The first kappa shape index (κ1) is 9.75. The molecule has 1 aromatic carbocycles. The molecule has 1 amide bonds. The summed E-state index contributed by atoms with van der Waals surface area (Å²) >= 11 is 0. The van der Waals surface area contributed by atoms with Crippen molar-refractivity contribution in [1.82, 2.24) is 0 Å². The minimum atomic E-state index is -0.465. The van der Waals surface area contributed by atoms with Gasteiger partial charge in [0.2, 0.25) is 5.91 Å². The molecular weight excluding hydrogens is 188 g/mol. The van der Waals surface area contributed by atoms with Gasteiger partial charge in [-0.25, -0.2) is 0 Å². The summed E-state index contributed by atoms with van der Waals surface area (Å²) < 4.78 is 0. The fourth-order valence-corrected chi connectivity index (χ4v) is 1.84. The second-order valence-electron chi connectivity index (χ2n) is 3.57. The van der Waals surface area contributed by atoms with E-state index in [9.17, 15) is 4.79 Å². The molecule has 0 aliphatic carbocycles. The third kappa shape index (κ3) is 1.60. The maximum absolute atomic E-state index is 11.8. The van der Waals surface area contributed by atoms with Gasteiger partial charge in [0.1, 0.15) is 0 Å². The molecule has 0 saturated carbocycles. The van der Waals surface area contributed by atoms with Gasteiger partial charge < -0.3 is 5.73 Å². The van der Waals surface area contributed by atoms with E-state index in [4.69, 9.17) is 12.2 Å². The van der Waals surface area contributed by atoms with Crippen LogP contribution >= 0.6 is 0 Å². The van der Waals surface area contributed by atoms with Gasteiger partial charge in [-0.2, -0.15) is 0 Å². The number of terminal acetylenes is 1. The molecule has 15 heavy (non-hydrogen) atoms. The van der Waals surface area contributed by atoms with Gasteiger partial charge >= 0.3 is 0 Å². The Labute approximate surface area is 88.9 Å². The molecule has 0 bridgehead atoms. The van der Waals surface area contributed by atoms with Gasteiger partial charge in [0, 0.05) is 5.69 Å². The van der Waals surface area contributed by atoms with E-state index in [0.29, 0.717) is 6.42 Å². The highest BCUT2D eigenvalue weighted by Crippen LogP contribution is 2.26. The first-order chi connectivity index (χ1) is 7.24. The highest BCUT2D eigenvalue weighted by atomic mass is 16.2. The standard InChI is InChI=1S/C12H12N2O/c1-2-7-14-11-6-4-3-5-9(11)8-10(13)12(14)15/h1,3-6,10H,7-8,13H2. The topological polar surface area (TPSA) is 46.3 Å². The number of nitrogens with two attached hydrogens (primary N) is 1. The van der Waals surface area contributed by atoms with Crippen molar-refractivity contribution >= 4 is 11.6 Å². The predicted octanol–water partition coefficient (Wildman–Crippen LogP) is 0.536. The lowest BCUT2D eigenvalue weighted by Crippen LogP contribution is -2.49. The summed E-state index contributed by atoms with van der Waals surface area (Å²) in [6, 6.07) is 7.25. The molecule has 1 aliphatic rings. The summed E-state index contributed by atoms with van der Waals surface area (Å²) in [7, 11) is 0. The van der Waals surface area contributed by atoms with E-state index in [0.717, 1.165) is 11.3 Å². The van der Waals surface area contributed by atoms with Crippen LogP contribution in [0.5, 0.6) is 0 Å². The Morgan fingerprint density at radius 1 is 1.53 bits per heavy atom. The summed E-state index contributed by atoms with van der Waals surface area (Å²) in [4.78, 5) is 13.4. The van der Waals surface area contributed by atoms with E-state index >= 15 is 0 Å². The first-order valence-corrected chi connectivity index (χ1v) is 4.82. The number of carbonyl (C=O) groups is 1. The van der Waals surface area contributed by atoms with Crippen molar-refractivity contribution in [3.8, 4) is 12.3 Å². The van der Waals surface area contributed by atoms with Crippen LogP contribution in [0, 0.1) is 12.3 Å².